The second-order valence-corrected chi connectivity index (χ2v) is 3.96. The largest absolute Gasteiger partial charge is 0.356 e. The molecule has 0 aliphatic heterocycles. The summed E-state index contributed by atoms with van der Waals surface area (Å²) in [5.74, 6) is 1.03. The SMILES string of the molecule is Cc1ccc(N(C)C(C)CBr)nc1. The number of hydrogen-bond acceptors (Lipinski definition) is 2. The van der Waals surface area contributed by atoms with Crippen molar-refractivity contribution in [2.24, 2.45) is 0 Å². The normalized spacial score (nSPS) is 12.6. The summed E-state index contributed by atoms with van der Waals surface area (Å²) in [4.78, 5) is 6.51. The highest BCUT2D eigenvalue weighted by atomic mass is 79.9. The number of aromatic nitrogens is 1. The molecule has 0 spiro atoms. The lowest BCUT2D eigenvalue weighted by Gasteiger charge is -2.24. The molecule has 0 radical (unpaired) electrons. The van der Waals surface area contributed by atoms with Crippen LogP contribution in [0.5, 0.6) is 0 Å². The smallest absolute Gasteiger partial charge is 0.128 e. The Morgan fingerprint density at radius 1 is 1.54 bits per heavy atom. The molecule has 1 unspecified atom stereocenters. The Labute approximate surface area is 88.1 Å². The molecule has 0 N–H and O–H groups in total. The van der Waals surface area contributed by atoms with E-state index in [0.29, 0.717) is 6.04 Å². The Kier molecular flexibility index (Phi) is 3.72. The predicted molar refractivity (Wildman–Crippen MR) is 60.6 cm³/mol. The fourth-order valence-electron chi connectivity index (χ4n) is 0.998. The first-order chi connectivity index (χ1) is 6.15. The van der Waals surface area contributed by atoms with Crippen molar-refractivity contribution in [1.29, 1.82) is 0 Å². The molecule has 0 aliphatic carbocycles. The van der Waals surface area contributed by atoms with Gasteiger partial charge < -0.3 is 4.90 Å². The lowest BCUT2D eigenvalue weighted by atomic mass is 10.3. The summed E-state index contributed by atoms with van der Waals surface area (Å²) in [7, 11) is 2.06. The molecule has 0 amide bonds. The van der Waals surface area contributed by atoms with Gasteiger partial charge in [0.05, 0.1) is 0 Å². The van der Waals surface area contributed by atoms with Crippen LogP contribution < -0.4 is 4.90 Å². The molecule has 1 aromatic heterocycles. The Morgan fingerprint density at radius 3 is 2.69 bits per heavy atom. The molecule has 0 saturated carbocycles. The number of anilines is 1. The van der Waals surface area contributed by atoms with Crippen LogP contribution in [-0.4, -0.2) is 23.4 Å². The monoisotopic (exact) mass is 242 g/mol. The summed E-state index contributed by atoms with van der Waals surface area (Å²) < 4.78 is 0. The Morgan fingerprint density at radius 2 is 2.23 bits per heavy atom. The molecule has 1 atom stereocenters. The van der Waals surface area contributed by atoms with Crippen molar-refractivity contribution in [1.82, 2.24) is 4.98 Å². The lowest BCUT2D eigenvalue weighted by molar-refractivity contribution is 0.757. The van der Waals surface area contributed by atoms with E-state index >= 15 is 0 Å². The average Bonchev–Trinajstić information content (AvgIpc) is 2.17. The third kappa shape index (κ3) is 2.69. The molecule has 0 fully saturated rings. The number of alkyl halides is 1. The molecule has 1 heterocycles. The summed E-state index contributed by atoms with van der Waals surface area (Å²) in [6, 6.07) is 4.60. The molecule has 2 nitrogen and oxygen atoms in total. The van der Waals surface area contributed by atoms with Crippen molar-refractivity contribution in [3.63, 3.8) is 0 Å². The van der Waals surface area contributed by atoms with Gasteiger partial charge in [0.1, 0.15) is 5.82 Å². The zero-order valence-corrected chi connectivity index (χ0v) is 9.87. The van der Waals surface area contributed by atoms with E-state index in [4.69, 9.17) is 0 Å². The van der Waals surface area contributed by atoms with Crippen molar-refractivity contribution in [2.45, 2.75) is 19.9 Å². The Bertz CT molecular complexity index is 258. The van der Waals surface area contributed by atoms with Crippen molar-refractivity contribution in [2.75, 3.05) is 17.3 Å². The molecule has 0 saturated heterocycles. The third-order valence-corrected chi connectivity index (χ3v) is 3.08. The number of halogens is 1. The minimum atomic E-state index is 0.468. The van der Waals surface area contributed by atoms with Crippen LogP contribution in [0.3, 0.4) is 0 Å². The van der Waals surface area contributed by atoms with Gasteiger partial charge in [-0.3, -0.25) is 0 Å². The molecule has 0 aliphatic rings. The maximum absolute atomic E-state index is 4.35. The summed E-state index contributed by atoms with van der Waals surface area (Å²) in [6.45, 7) is 4.21. The first-order valence-corrected chi connectivity index (χ1v) is 5.48. The highest BCUT2D eigenvalue weighted by molar-refractivity contribution is 9.09. The van der Waals surface area contributed by atoms with Gasteiger partial charge in [0.25, 0.3) is 0 Å². The van der Waals surface area contributed by atoms with Crippen LogP contribution in [0, 0.1) is 6.92 Å². The first kappa shape index (κ1) is 10.5. The first-order valence-electron chi connectivity index (χ1n) is 4.36. The van der Waals surface area contributed by atoms with Crippen LogP contribution in [-0.2, 0) is 0 Å². The van der Waals surface area contributed by atoms with Crippen LogP contribution in [0.2, 0.25) is 0 Å². The number of hydrogen-bond donors (Lipinski definition) is 0. The molecule has 0 aromatic carbocycles. The van der Waals surface area contributed by atoms with Crippen LogP contribution >= 0.6 is 15.9 Å². The summed E-state index contributed by atoms with van der Waals surface area (Å²) in [6.07, 6.45) is 1.90. The van der Waals surface area contributed by atoms with E-state index in [1.54, 1.807) is 0 Å². The standard InChI is InChI=1S/C10H15BrN2/c1-8-4-5-10(12-7-8)13(3)9(2)6-11/h4-5,7,9H,6H2,1-3H3. The van der Waals surface area contributed by atoms with E-state index < -0.39 is 0 Å². The molecular formula is C10H15BrN2. The summed E-state index contributed by atoms with van der Waals surface area (Å²) >= 11 is 3.46. The van der Waals surface area contributed by atoms with E-state index in [1.165, 1.54) is 5.56 Å². The zero-order valence-electron chi connectivity index (χ0n) is 8.29. The number of pyridine rings is 1. The average molecular weight is 243 g/mol. The fraction of sp³-hybridized carbons (Fsp3) is 0.500. The highest BCUT2D eigenvalue weighted by Crippen LogP contribution is 2.12. The minimum absolute atomic E-state index is 0.468. The van der Waals surface area contributed by atoms with E-state index in [9.17, 15) is 0 Å². The minimum Gasteiger partial charge on any atom is -0.356 e. The van der Waals surface area contributed by atoms with E-state index in [0.717, 1.165) is 11.1 Å². The fourth-order valence-corrected chi connectivity index (χ4v) is 1.43. The van der Waals surface area contributed by atoms with Crippen molar-refractivity contribution >= 4 is 21.7 Å². The predicted octanol–water partition coefficient (Wildman–Crippen LogP) is 2.61. The van der Waals surface area contributed by atoms with Crippen LogP contribution in [0.25, 0.3) is 0 Å². The van der Waals surface area contributed by atoms with Gasteiger partial charge in [-0.15, -0.1) is 0 Å². The van der Waals surface area contributed by atoms with Gasteiger partial charge in [-0.25, -0.2) is 4.98 Å². The zero-order chi connectivity index (χ0) is 9.84. The van der Waals surface area contributed by atoms with Gasteiger partial charge in [-0.05, 0) is 25.5 Å². The van der Waals surface area contributed by atoms with Crippen molar-refractivity contribution in [3.05, 3.63) is 23.9 Å². The van der Waals surface area contributed by atoms with Crippen LogP contribution in [0.1, 0.15) is 12.5 Å². The second kappa shape index (κ2) is 4.61. The molecule has 1 aromatic rings. The quantitative estimate of drug-likeness (QED) is 0.758. The molecule has 0 bridgehead atoms. The van der Waals surface area contributed by atoms with Gasteiger partial charge in [0, 0.05) is 24.6 Å². The molecule has 72 valence electrons. The number of nitrogens with zero attached hydrogens (tertiary/aromatic N) is 2. The highest BCUT2D eigenvalue weighted by Gasteiger charge is 2.08. The van der Waals surface area contributed by atoms with Gasteiger partial charge in [0.15, 0.2) is 0 Å². The third-order valence-electron chi connectivity index (χ3n) is 2.14. The van der Waals surface area contributed by atoms with E-state index in [-0.39, 0.29) is 0 Å². The van der Waals surface area contributed by atoms with Crippen LogP contribution in [0.4, 0.5) is 5.82 Å². The van der Waals surface area contributed by atoms with Gasteiger partial charge in [-0.1, -0.05) is 22.0 Å². The van der Waals surface area contributed by atoms with Crippen molar-refractivity contribution in [3.8, 4) is 0 Å². The van der Waals surface area contributed by atoms with E-state index in [2.05, 4.69) is 51.9 Å². The van der Waals surface area contributed by atoms with Gasteiger partial charge in [-0.2, -0.15) is 0 Å². The second-order valence-electron chi connectivity index (χ2n) is 3.31. The van der Waals surface area contributed by atoms with Gasteiger partial charge in [0.2, 0.25) is 0 Å². The summed E-state index contributed by atoms with van der Waals surface area (Å²) in [5, 5.41) is 0.957. The number of aryl methyl sites for hydroxylation is 1. The van der Waals surface area contributed by atoms with Crippen LogP contribution in [0.15, 0.2) is 18.3 Å². The topological polar surface area (TPSA) is 16.1 Å². The maximum Gasteiger partial charge on any atom is 0.128 e. The van der Waals surface area contributed by atoms with Crippen molar-refractivity contribution < 1.29 is 0 Å². The molecule has 3 heteroatoms. The summed E-state index contributed by atoms with van der Waals surface area (Å²) in [5.41, 5.74) is 1.20. The number of rotatable bonds is 3. The molecule has 13 heavy (non-hydrogen) atoms. The lowest BCUT2D eigenvalue weighted by Crippen LogP contribution is -2.30. The maximum atomic E-state index is 4.35. The molecule has 1 rings (SSSR count). The van der Waals surface area contributed by atoms with Gasteiger partial charge >= 0.3 is 0 Å². The Balaban J connectivity index is 2.77. The molecular weight excluding hydrogens is 228 g/mol. The van der Waals surface area contributed by atoms with E-state index in [1.807, 2.05) is 13.1 Å². The Hall–Kier alpha value is -0.570.